The third-order valence-electron chi connectivity index (χ3n) is 7.67. The monoisotopic (exact) mass is 556 g/mol. The molecular formula is C30H41FN4O3S. The molecular weight excluding hydrogens is 515 g/mol. The van der Waals surface area contributed by atoms with Crippen LogP contribution in [0.1, 0.15) is 84.0 Å². The number of hydrogen-bond donors (Lipinski definition) is 2. The van der Waals surface area contributed by atoms with Gasteiger partial charge in [0, 0.05) is 6.54 Å². The Bertz CT molecular complexity index is 1200. The smallest absolute Gasteiger partial charge is 0.258 e. The molecule has 2 fully saturated rings. The molecule has 2 aliphatic rings. The Hall–Kier alpha value is -2.81. The number of alkyl halides is 1. The highest BCUT2D eigenvalue weighted by Gasteiger charge is 2.53. The molecule has 1 aromatic heterocycles. The molecule has 39 heavy (non-hydrogen) atoms. The van der Waals surface area contributed by atoms with Gasteiger partial charge in [0.2, 0.25) is 11.8 Å². The van der Waals surface area contributed by atoms with Crippen molar-refractivity contribution in [2.45, 2.75) is 97.4 Å². The number of benzene rings is 1. The molecule has 212 valence electrons. The molecule has 4 rings (SSSR count). The van der Waals surface area contributed by atoms with E-state index in [-0.39, 0.29) is 30.7 Å². The number of amides is 3. The Labute approximate surface area is 235 Å². The first-order valence-corrected chi connectivity index (χ1v) is 14.8. The van der Waals surface area contributed by atoms with Crippen LogP contribution < -0.4 is 10.6 Å². The van der Waals surface area contributed by atoms with Crippen LogP contribution in [-0.2, 0) is 14.4 Å². The summed E-state index contributed by atoms with van der Waals surface area (Å²) in [5, 5.41) is 5.89. The summed E-state index contributed by atoms with van der Waals surface area (Å²) < 4.78 is 14.4. The summed E-state index contributed by atoms with van der Waals surface area (Å²) in [5.41, 5.74) is 2.43. The predicted molar refractivity (Wildman–Crippen MR) is 152 cm³/mol. The van der Waals surface area contributed by atoms with E-state index in [1.165, 1.54) is 0 Å². The number of halogens is 1. The van der Waals surface area contributed by atoms with Crippen molar-refractivity contribution in [1.82, 2.24) is 20.5 Å². The Balaban J connectivity index is 1.50. The number of hydrogen-bond acceptors (Lipinski definition) is 5. The van der Waals surface area contributed by atoms with Crippen LogP contribution in [0.5, 0.6) is 0 Å². The van der Waals surface area contributed by atoms with Crippen LogP contribution in [0.15, 0.2) is 29.8 Å². The highest BCUT2D eigenvalue weighted by Crippen LogP contribution is 2.40. The number of likely N-dealkylation sites (tertiary alicyclic amines) is 1. The molecule has 1 aliphatic carbocycles. The molecule has 3 atom stereocenters. The Morgan fingerprint density at radius 2 is 1.82 bits per heavy atom. The number of rotatable bonds is 9. The van der Waals surface area contributed by atoms with E-state index >= 15 is 0 Å². The van der Waals surface area contributed by atoms with Crippen molar-refractivity contribution in [3.05, 3.63) is 41.0 Å². The number of aryl methyl sites for hydroxylation is 1. The fourth-order valence-corrected chi connectivity index (χ4v) is 5.99. The number of nitrogens with zero attached hydrogens (tertiary/aromatic N) is 2. The van der Waals surface area contributed by atoms with Crippen molar-refractivity contribution >= 4 is 29.1 Å². The number of nitrogens with one attached hydrogen (secondary N) is 2. The molecule has 1 aliphatic heterocycles. The molecule has 9 heteroatoms. The molecule has 0 radical (unpaired) electrons. The fraction of sp³-hybridized carbons (Fsp3) is 0.600. The van der Waals surface area contributed by atoms with Gasteiger partial charge in [-0.25, -0.2) is 9.37 Å². The molecule has 2 heterocycles. The van der Waals surface area contributed by atoms with Crippen LogP contribution in [-0.4, -0.2) is 51.9 Å². The number of aromatic nitrogens is 1. The molecule has 0 bridgehead atoms. The fourth-order valence-electron chi connectivity index (χ4n) is 5.18. The second-order valence-corrected chi connectivity index (χ2v) is 13.4. The first-order chi connectivity index (χ1) is 18.3. The van der Waals surface area contributed by atoms with Gasteiger partial charge >= 0.3 is 0 Å². The molecule has 2 N–H and O–H groups in total. The zero-order chi connectivity index (χ0) is 28.5. The number of thiazole rings is 1. The first kappa shape index (κ1) is 29.2. The van der Waals surface area contributed by atoms with E-state index in [1.54, 1.807) is 16.2 Å². The lowest BCUT2D eigenvalue weighted by atomic mass is 9.85. The van der Waals surface area contributed by atoms with Gasteiger partial charge in [0.25, 0.3) is 5.91 Å². The number of carbonyl (C=O) groups excluding carboxylic acids is 3. The lowest BCUT2D eigenvalue weighted by Crippen LogP contribution is -2.59. The highest BCUT2D eigenvalue weighted by atomic mass is 32.1. The summed E-state index contributed by atoms with van der Waals surface area (Å²) in [7, 11) is 0. The summed E-state index contributed by atoms with van der Waals surface area (Å²) in [6.45, 7) is 12.2. The average Bonchev–Trinajstić information content (AvgIpc) is 3.25. The van der Waals surface area contributed by atoms with E-state index in [0.29, 0.717) is 25.3 Å². The van der Waals surface area contributed by atoms with Crippen LogP contribution in [0.3, 0.4) is 0 Å². The molecule has 1 saturated carbocycles. The van der Waals surface area contributed by atoms with Crippen molar-refractivity contribution in [3.63, 3.8) is 0 Å². The summed E-state index contributed by atoms with van der Waals surface area (Å²) in [6.07, 6.45) is 2.36. The van der Waals surface area contributed by atoms with E-state index in [9.17, 15) is 18.8 Å². The van der Waals surface area contributed by atoms with Gasteiger partial charge < -0.3 is 15.5 Å². The largest absolute Gasteiger partial charge is 0.347 e. The second kappa shape index (κ2) is 11.4. The Kier molecular flexibility index (Phi) is 8.50. The van der Waals surface area contributed by atoms with Crippen LogP contribution in [0.25, 0.3) is 10.4 Å². The summed E-state index contributed by atoms with van der Waals surface area (Å²) >= 11 is 1.60. The van der Waals surface area contributed by atoms with Crippen LogP contribution in [0, 0.1) is 18.3 Å². The maximum Gasteiger partial charge on any atom is 0.258 e. The van der Waals surface area contributed by atoms with E-state index in [2.05, 4.69) is 53.7 Å². The third kappa shape index (κ3) is 6.68. The first-order valence-electron chi connectivity index (χ1n) is 13.9. The number of carbonyl (C=O) groups is 3. The lowest BCUT2D eigenvalue weighted by molar-refractivity contribution is -0.145. The van der Waals surface area contributed by atoms with Gasteiger partial charge in [-0.3, -0.25) is 14.4 Å². The molecule has 7 nitrogen and oxygen atoms in total. The van der Waals surface area contributed by atoms with Crippen molar-refractivity contribution in [3.8, 4) is 10.4 Å². The highest BCUT2D eigenvalue weighted by molar-refractivity contribution is 7.13. The van der Waals surface area contributed by atoms with Gasteiger partial charge in [-0.2, -0.15) is 0 Å². The standard InChI is InChI=1S/C30H41FN4O3S/c1-18(2)16-22(20-9-11-21(12-10-20)24-19(3)32-17-39-24)33-26(36)23-8-7-15-35(23)27(37)25(29(4,5)6)34-28(38)30(31)13-14-30/h9-12,17-18,22-23,25H,7-8,13-16H2,1-6H3,(H,33,36)(H,34,38). The van der Waals surface area contributed by atoms with Gasteiger partial charge in [0.15, 0.2) is 5.67 Å². The van der Waals surface area contributed by atoms with Crippen LogP contribution in [0.2, 0.25) is 0 Å². The van der Waals surface area contributed by atoms with Gasteiger partial charge in [-0.1, -0.05) is 58.9 Å². The molecule has 3 unspecified atom stereocenters. The van der Waals surface area contributed by atoms with E-state index in [4.69, 9.17) is 0 Å². The topological polar surface area (TPSA) is 91.4 Å². The van der Waals surface area contributed by atoms with Crippen molar-refractivity contribution in [2.75, 3.05) is 6.54 Å². The van der Waals surface area contributed by atoms with Gasteiger partial charge in [0.1, 0.15) is 12.1 Å². The SMILES string of the molecule is Cc1ncsc1-c1ccc(C(CC(C)C)NC(=O)C2CCCN2C(=O)C(NC(=O)C2(F)CC2)C(C)(C)C)cc1. The molecule has 1 saturated heterocycles. The van der Waals surface area contributed by atoms with Crippen molar-refractivity contribution < 1.29 is 18.8 Å². The maximum absolute atomic E-state index is 14.4. The normalized spacial score (nSPS) is 20.0. The summed E-state index contributed by atoms with van der Waals surface area (Å²) in [6, 6.07) is 6.48. The zero-order valence-corrected chi connectivity index (χ0v) is 24.7. The summed E-state index contributed by atoms with van der Waals surface area (Å²) in [4.78, 5) is 46.9. The molecule has 2 aromatic rings. The predicted octanol–water partition coefficient (Wildman–Crippen LogP) is 5.35. The van der Waals surface area contributed by atoms with Gasteiger partial charge in [-0.05, 0) is 61.5 Å². The average molecular weight is 557 g/mol. The second-order valence-electron chi connectivity index (χ2n) is 12.5. The van der Waals surface area contributed by atoms with E-state index < -0.39 is 29.1 Å². The van der Waals surface area contributed by atoms with Crippen LogP contribution >= 0.6 is 11.3 Å². The third-order valence-corrected chi connectivity index (χ3v) is 8.64. The lowest BCUT2D eigenvalue weighted by Gasteiger charge is -2.36. The minimum Gasteiger partial charge on any atom is -0.347 e. The van der Waals surface area contributed by atoms with E-state index in [1.807, 2.05) is 33.2 Å². The van der Waals surface area contributed by atoms with Gasteiger partial charge in [0.05, 0.1) is 22.1 Å². The van der Waals surface area contributed by atoms with E-state index in [0.717, 1.165) is 28.1 Å². The van der Waals surface area contributed by atoms with Crippen molar-refractivity contribution in [2.24, 2.45) is 11.3 Å². The zero-order valence-electron chi connectivity index (χ0n) is 23.8. The minimum absolute atomic E-state index is 0.181. The quantitative estimate of drug-likeness (QED) is 0.436. The summed E-state index contributed by atoms with van der Waals surface area (Å²) in [5.74, 6) is -0.916. The van der Waals surface area contributed by atoms with Crippen molar-refractivity contribution in [1.29, 1.82) is 0 Å². The van der Waals surface area contributed by atoms with Crippen LogP contribution in [0.4, 0.5) is 4.39 Å². The Morgan fingerprint density at radius 3 is 2.36 bits per heavy atom. The molecule has 3 amide bonds. The minimum atomic E-state index is -1.87. The molecule has 0 spiro atoms. The maximum atomic E-state index is 14.4. The molecule has 1 aromatic carbocycles. The Morgan fingerprint density at radius 1 is 1.15 bits per heavy atom. The van der Waals surface area contributed by atoms with Gasteiger partial charge in [-0.15, -0.1) is 11.3 Å².